The van der Waals surface area contributed by atoms with E-state index in [4.69, 9.17) is 20.9 Å². The van der Waals surface area contributed by atoms with Crippen molar-refractivity contribution in [1.82, 2.24) is 5.32 Å². The zero-order chi connectivity index (χ0) is 27.3. The van der Waals surface area contributed by atoms with Crippen LogP contribution in [0.2, 0.25) is 0 Å². The molecule has 0 heterocycles. The van der Waals surface area contributed by atoms with Crippen LogP contribution >= 0.6 is 0 Å². The minimum atomic E-state index is -4.86. The van der Waals surface area contributed by atoms with Gasteiger partial charge >= 0.3 is 18.2 Å². The first-order valence-corrected chi connectivity index (χ1v) is 10.4. The lowest BCUT2D eigenvalue weighted by atomic mass is 10.1. The number of aliphatic carboxylic acids is 1. The van der Waals surface area contributed by atoms with E-state index in [2.05, 4.69) is 10.3 Å². The van der Waals surface area contributed by atoms with E-state index in [1.54, 1.807) is 20.8 Å². The van der Waals surface area contributed by atoms with Crippen molar-refractivity contribution in [3.8, 4) is 11.5 Å². The van der Waals surface area contributed by atoms with Gasteiger partial charge in [0.05, 0.1) is 5.56 Å². The molecule has 0 bridgehead atoms. The van der Waals surface area contributed by atoms with Crippen molar-refractivity contribution >= 4 is 23.9 Å². The number of carbonyl (C=O) groups excluding carboxylic acids is 2. The second kappa shape index (κ2) is 11.0. The number of carboxylic acids is 1. The monoisotopic (exact) mass is 510 g/mol. The summed E-state index contributed by atoms with van der Waals surface area (Å²) >= 11 is 0. The highest BCUT2D eigenvalue weighted by molar-refractivity contribution is 6.02. The number of aliphatic imine (C=N–C) groups is 1. The number of halogens is 3. The van der Waals surface area contributed by atoms with Crippen molar-refractivity contribution in [2.75, 3.05) is 0 Å². The van der Waals surface area contributed by atoms with Crippen LogP contribution in [0.3, 0.4) is 0 Å². The molecule has 0 spiro atoms. The predicted molar refractivity (Wildman–Crippen MR) is 123 cm³/mol. The Morgan fingerprint density at radius 2 is 1.67 bits per heavy atom. The Morgan fingerprint density at radius 1 is 1.06 bits per heavy atom. The number of rotatable bonds is 7. The molecule has 0 aliphatic carbocycles. The number of benzene rings is 2. The molecule has 0 aliphatic heterocycles. The molecule has 2 aromatic carbocycles. The lowest BCUT2D eigenvalue weighted by Gasteiger charge is -2.22. The van der Waals surface area contributed by atoms with Crippen molar-refractivity contribution in [2.45, 2.75) is 45.0 Å². The molecule has 2 rings (SSSR count). The van der Waals surface area contributed by atoms with Gasteiger partial charge in [-0.2, -0.15) is 18.2 Å². The Balaban J connectivity index is 2.20. The van der Waals surface area contributed by atoms with Gasteiger partial charge in [-0.3, -0.25) is 4.79 Å². The first-order chi connectivity index (χ1) is 16.5. The molecule has 0 saturated carbocycles. The van der Waals surface area contributed by atoms with E-state index in [0.29, 0.717) is 11.6 Å². The average Bonchev–Trinajstić information content (AvgIpc) is 2.72. The minimum Gasteiger partial charge on any atom is -0.480 e. The summed E-state index contributed by atoms with van der Waals surface area (Å²) in [5.41, 5.74) is 8.21. The Labute approximate surface area is 204 Å². The number of hydrogen-bond acceptors (Lipinski definition) is 5. The molecule has 10 nitrogen and oxygen atoms in total. The highest BCUT2D eigenvalue weighted by Crippen LogP contribution is 2.39. The number of alkyl carbamates (subject to hydrolysis) is 1. The first-order valence-electron chi connectivity index (χ1n) is 10.4. The van der Waals surface area contributed by atoms with Gasteiger partial charge in [-0.05, 0) is 56.7 Å². The fraction of sp³-hybridized carbons (Fsp3) is 0.304. The maximum atomic E-state index is 13.6. The van der Waals surface area contributed by atoms with Crippen molar-refractivity contribution < 1.29 is 42.1 Å². The topological polar surface area (TPSA) is 166 Å². The molecule has 13 heteroatoms. The Bertz CT molecular complexity index is 1150. The highest BCUT2D eigenvalue weighted by Gasteiger charge is 2.35. The van der Waals surface area contributed by atoms with Crippen LogP contribution < -0.4 is 21.5 Å². The van der Waals surface area contributed by atoms with E-state index >= 15 is 0 Å². The van der Waals surface area contributed by atoms with Gasteiger partial charge in [0.25, 0.3) is 5.91 Å². The number of nitrogens with two attached hydrogens (primary N) is 2. The molecular formula is C23H25F3N4O6. The summed E-state index contributed by atoms with van der Waals surface area (Å²) in [6.07, 6.45) is -5.88. The number of hydrogen-bond donors (Lipinski definition) is 4. The van der Waals surface area contributed by atoms with Gasteiger partial charge in [-0.15, -0.1) is 0 Å². The second-order valence-electron chi connectivity index (χ2n) is 8.54. The van der Waals surface area contributed by atoms with Crippen LogP contribution in [0, 0.1) is 0 Å². The summed E-state index contributed by atoms with van der Waals surface area (Å²) in [7, 11) is 0. The van der Waals surface area contributed by atoms with Gasteiger partial charge < -0.3 is 31.4 Å². The summed E-state index contributed by atoms with van der Waals surface area (Å²) in [5, 5.41) is 11.7. The van der Waals surface area contributed by atoms with Gasteiger partial charge in [0.15, 0.2) is 5.96 Å². The van der Waals surface area contributed by atoms with Gasteiger partial charge in [0.1, 0.15) is 23.1 Å². The van der Waals surface area contributed by atoms with Crippen LogP contribution in [0.4, 0.5) is 18.0 Å². The van der Waals surface area contributed by atoms with Crippen molar-refractivity contribution in [1.29, 1.82) is 0 Å². The van der Waals surface area contributed by atoms with E-state index in [1.165, 1.54) is 24.3 Å². The molecule has 0 saturated heterocycles. The normalized spacial score (nSPS) is 12.3. The van der Waals surface area contributed by atoms with Crippen LogP contribution in [0.5, 0.6) is 11.5 Å². The van der Waals surface area contributed by atoms with Crippen molar-refractivity contribution in [3.05, 3.63) is 59.2 Å². The summed E-state index contributed by atoms with van der Waals surface area (Å²) < 4.78 is 51.1. The molecule has 2 aromatic rings. The fourth-order valence-corrected chi connectivity index (χ4v) is 2.86. The maximum Gasteiger partial charge on any atom is 0.420 e. The molecule has 0 radical (unpaired) electrons. The molecule has 0 aliphatic rings. The molecule has 0 fully saturated rings. The lowest BCUT2D eigenvalue weighted by molar-refractivity contribution is -0.140. The molecule has 36 heavy (non-hydrogen) atoms. The van der Waals surface area contributed by atoms with Crippen LogP contribution in [-0.2, 0) is 22.1 Å². The molecule has 0 unspecified atom stereocenters. The molecule has 0 aromatic heterocycles. The zero-order valence-corrected chi connectivity index (χ0v) is 19.6. The third kappa shape index (κ3) is 8.49. The van der Waals surface area contributed by atoms with E-state index in [-0.39, 0.29) is 12.2 Å². The number of guanidine groups is 1. The number of alkyl halides is 3. The smallest absolute Gasteiger partial charge is 0.420 e. The first kappa shape index (κ1) is 28.0. The van der Waals surface area contributed by atoms with Gasteiger partial charge in [-0.1, -0.05) is 12.1 Å². The van der Waals surface area contributed by atoms with Crippen molar-refractivity contribution in [3.63, 3.8) is 0 Å². The highest BCUT2D eigenvalue weighted by atomic mass is 19.4. The van der Waals surface area contributed by atoms with Gasteiger partial charge in [0, 0.05) is 12.0 Å². The standard InChI is InChI=1S/C23H25F3N4O6/c1-22(2,3)36-21(34)29-16(19(32)33)10-12-4-7-14(8-5-12)35-17-9-6-13(18(31)30-20(27)28)11-15(17)23(24,25)26/h4-9,11,16H,10H2,1-3H3,(H,29,34)(H,32,33)(H4,27,28,30,31)/t16-/m0/s1. The molecule has 2 amide bonds. The molecule has 194 valence electrons. The molecule has 6 N–H and O–H groups in total. The van der Waals surface area contributed by atoms with E-state index < -0.39 is 58.6 Å². The summed E-state index contributed by atoms with van der Waals surface area (Å²) in [5.74, 6) is -3.51. The Hall–Kier alpha value is -4.29. The minimum absolute atomic E-state index is 0.0135. The summed E-state index contributed by atoms with van der Waals surface area (Å²) in [6, 6.07) is 6.83. The van der Waals surface area contributed by atoms with Gasteiger partial charge in [-0.25, -0.2) is 9.59 Å². The third-order valence-electron chi connectivity index (χ3n) is 4.34. The summed E-state index contributed by atoms with van der Waals surface area (Å²) in [4.78, 5) is 38.5. The largest absolute Gasteiger partial charge is 0.480 e. The quantitative estimate of drug-likeness (QED) is 0.325. The second-order valence-corrected chi connectivity index (χ2v) is 8.54. The average molecular weight is 510 g/mol. The van der Waals surface area contributed by atoms with Crippen molar-refractivity contribution in [2.24, 2.45) is 16.5 Å². The van der Waals surface area contributed by atoms with E-state index in [1.807, 2.05) is 0 Å². The Kier molecular flexibility index (Phi) is 8.52. The predicted octanol–water partition coefficient (Wildman–Crippen LogP) is 3.43. The lowest BCUT2D eigenvalue weighted by Crippen LogP contribution is -2.44. The van der Waals surface area contributed by atoms with Crippen LogP contribution in [0.25, 0.3) is 0 Å². The molecule has 1 atom stereocenters. The number of nitrogens with zero attached hydrogens (tertiary/aromatic N) is 1. The number of nitrogens with one attached hydrogen (secondary N) is 1. The Morgan fingerprint density at radius 3 is 2.17 bits per heavy atom. The van der Waals surface area contributed by atoms with Gasteiger partial charge in [0.2, 0.25) is 0 Å². The molecular weight excluding hydrogens is 485 g/mol. The number of ether oxygens (including phenoxy) is 2. The van der Waals surface area contributed by atoms with Crippen LogP contribution in [0.1, 0.15) is 42.3 Å². The fourth-order valence-electron chi connectivity index (χ4n) is 2.86. The maximum absolute atomic E-state index is 13.6. The van der Waals surface area contributed by atoms with Crippen LogP contribution in [0.15, 0.2) is 47.5 Å². The zero-order valence-electron chi connectivity index (χ0n) is 19.6. The van der Waals surface area contributed by atoms with E-state index in [0.717, 1.165) is 12.1 Å². The number of carbonyl (C=O) groups is 3. The number of amides is 2. The van der Waals surface area contributed by atoms with E-state index in [9.17, 15) is 32.7 Å². The number of carboxylic acid groups (broad SMARTS) is 1. The van der Waals surface area contributed by atoms with Crippen LogP contribution in [-0.4, -0.2) is 40.7 Å². The summed E-state index contributed by atoms with van der Waals surface area (Å²) in [6.45, 7) is 4.88. The third-order valence-corrected chi connectivity index (χ3v) is 4.34. The SMILES string of the molecule is CC(C)(C)OC(=O)N[C@@H](Cc1ccc(Oc2ccc(C(=O)N=C(N)N)cc2C(F)(F)F)cc1)C(=O)O.